The van der Waals surface area contributed by atoms with Crippen LogP contribution in [0.5, 0.6) is 0 Å². The highest BCUT2D eigenvalue weighted by Gasteiger charge is 2.30. The van der Waals surface area contributed by atoms with E-state index < -0.39 is 24.0 Å². The Morgan fingerprint density at radius 3 is 2.33 bits per heavy atom. The number of hydrogen-bond donors (Lipinski definition) is 3. The molecule has 0 bridgehead atoms. The van der Waals surface area contributed by atoms with Crippen LogP contribution in [0.3, 0.4) is 0 Å². The molecule has 0 aliphatic heterocycles. The van der Waals surface area contributed by atoms with Gasteiger partial charge in [0.05, 0.1) is 6.61 Å². The second kappa shape index (κ2) is 5.37. The number of aliphatic hydroxyl groups excluding tert-OH is 1. The fraction of sp³-hybridized carbons (Fsp3) is 0.462. The molecule has 18 heavy (non-hydrogen) atoms. The first-order valence-corrected chi connectivity index (χ1v) is 5.73. The Kier molecular flexibility index (Phi) is 4.32. The summed E-state index contributed by atoms with van der Waals surface area (Å²) in [6, 6.07) is 8.85. The van der Waals surface area contributed by atoms with E-state index in [0.717, 1.165) is 0 Å². The van der Waals surface area contributed by atoms with Crippen LogP contribution < -0.4 is 11.1 Å². The van der Waals surface area contributed by atoms with E-state index in [1.807, 2.05) is 6.07 Å². The first-order valence-electron chi connectivity index (χ1n) is 5.73. The number of alkyl carbamates (subject to hydrolysis) is 1. The van der Waals surface area contributed by atoms with Crippen molar-refractivity contribution in [1.29, 1.82) is 0 Å². The second-order valence-corrected chi connectivity index (χ2v) is 5.12. The molecule has 0 saturated heterocycles. The smallest absolute Gasteiger partial charge is 0.409 e. The minimum absolute atomic E-state index is 0.420. The Labute approximate surface area is 107 Å². The highest BCUT2D eigenvalue weighted by molar-refractivity contribution is 5.69. The molecule has 5 heteroatoms. The Morgan fingerprint density at radius 1 is 1.33 bits per heavy atom. The molecule has 0 heterocycles. The van der Waals surface area contributed by atoms with Gasteiger partial charge in [0, 0.05) is 0 Å². The minimum Gasteiger partial charge on any atom is -0.444 e. The van der Waals surface area contributed by atoms with Crippen LogP contribution >= 0.6 is 0 Å². The Balaban J connectivity index is 2.81. The van der Waals surface area contributed by atoms with Crippen LogP contribution in [0, 0.1) is 0 Å². The molecule has 0 aromatic heterocycles. The maximum atomic E-state index is 11.7. The van der Waals surface area contributed by atoms with Crippen molar-refractivity contribution in [2.45, 2.75) is 32.0 Å². The zero-order valence-corrected chi connectivity index (χ0v) is 10.9. The summed E-state index contributed by atoms with van der Waals surface area (Å²) in [5.41, 5.74) is 4.63. The van der Waals surface area contributed by atoms with Crippen molar-refractivity contribution >= 4 is 6.09 Å². The van der Waals surface area contributed by atoms with Crippen LogP contribution in [0.25, 0.3) is 0 Å². The fourth-order valence-corrected chi connectivity index (χ4v) is 1.42. The number of carbonyl (C=O) groups is 1. The Bertz CT molecular complexity index is 400. The molecule has 0 spiro atoms. The van der Waals surface area contributed by atoms with Crippen molar-refractivity contribution in [2.75, 3.05) is 6.61 Å². The highest BCUT2D eigenvalue weighted by Crippen LogP contribution is 2.15. The summed E-state index contributed by atoms with van der Waals surface area (Å²) in [6.45, 7) is 4.85. The topological polar surface area (TPSA) is 84.6 Å². The lowest BCUT2D eigenvalue weighted by Gasteiger charge is -2.30. The Hall–Kier alpha value is -1.59. The van der Waals surface area contributed by atoms with Gasteiger partial charge in [0.15, 0.2) is 0 Å². The summed E-state index contributed by atoms with van der Waals surface area (Å²) in [7, 11) is 0. The zero-order chi connectivity index (χ0) is 13.8. The van der Waals surface area contributed by atoms with Crippen LogP contribution in [0.15, 0.2) is 30.3 Å². The van der Waals surface area contributed by atoms with Gasteiger partial charge in [0.25, 0.3) is 0 Å². The third-order valence-corrected chi connectivity index (χ3v) is 2.26. The van der Waals surface area contributed by atoms with Gasteiger partial charge in [0.2, 0.25) is 0 Å². The van der Waals surface area contributed by atoms with Gasteiger partial charge >= 0.3 is 6.09 Å². The summed E-state index contributed by atoms with van der Waals surface area (Å²) in [4.78, 5) is 11.7. The molecule has 4 N–H and O–H groups in total. The highest BCUT2D eigenvalue weighted by atomic mass is 16.6. The third-order valence-electron chi connectivity index (χ3n) is 2.26. The van der Waals surface area contributed by atoms with E-state index in [9.17, 15) is 9.90 Å². The summed E-state index contributed by atoms with van der Waals surface area (Å²) in [6.07, 6.45) is -0.664. The number of nitrogens with one attached hydrogen (secondary N) is 1. The summed E-state index contributed by atoms with van der Waals surface area (Å²) in [5.74, 6) is 0. The molecule has 1 aromatic rings. The van der Waals surface area contributed by atoms with Gasteiger partial charge in [-0.05, 0) is 26.3 Å². The van der Waals surface area contributed by atoms with Gasteiger partial charge in [-0.1, -0.05) is 30.3 Å². The first kappa shape index (κ1) is 14.5. The quantitative estimate of drug-likeness (QED) is 0.708. The molecule has 0 aliphatic carbocycles. The van der Waals surface area contributed by atoms with Crippen LogP contribution in [-0.2, 0) is 10.4 Å². The van der Waals surface area contributed by atoms with E-state index in [2.05, 4.69) is 5.32 Å². The van der Waals surface area contributed by atoms with E-state index in [-0.39, 0.29) is 0 Å². The monoisotopic (exact) mass is 252 g/mol. The predicted molar refractivity (Wildman–Crippen MR) is 68.8 cm³/mol. The molecular weight excluding hydrogens is 232 g/mol. The summed E-state index contributed by atoms with van der Waals surface area (Å²) in [5, 5.41) is 11.9. The van der Waals surface area contributed by atoms with Gasteiger partial charge in [-0.15, -0.1) is 0 Å². The normalized spacial score (nSPS) is 14.7. The lowest BCUT2D eigenvalue weighted by molar-refractivity contribution is 0.0398. The number of rotatable bonds is 3. The zero-order valence-electron chi connectivity index (χ0n) is 10.9. The molecule has 0 radical (unpaired) electrons. The standard InChI is InChI=1S/C13H20N2O3/c1-12(2,3)18-11(17)15-13(14,9-16)10-7-5-4-6-8-10/h4-8,16H,9,14H2,1-3H3,(H,15,17)/t13-/m0/s1. The van der Waals surface area contributed by atoms with Gasteiger partial charge < -0.3 is 15.6 Å². The van der Waals surface area contributed by atoms with Crippen molar-refractivity contribution < 1.29 is 14.6 Å². The summed E-state index contributed by atoms with van der Waals surface area (Å²) >= 11 is 0. The maximum Gasteiger partial charge on any atom is 0.409 e. The molecule has 1 aromatic carbocycles. The molecule has 0 fully saturated rings. The largest absolute Gasteiger partial charge is 0.444 e. The van der Waals surface area contributed by atoms with Gasteiger partial charge in [-0.2, -0.15) is 0 Å². The van der Waals surface area contributed by atoms with E-state index in [1.54, 1.807) is 45.0 Å². The predicted octanol–water partition coefficient (Wildman–Crippen LogP) is 1.32. The van der Waals surface area contributed by atoms with Crippen LogP contribution in [0.1, 0.15) is 26.3 Å². The molecule has 0 unspecified atom stereocenters. The van der Waals surface area contributed by atoms with Gasteiger partial charge in [-0.25, -0.2) is 4.79 Å². The average molecular weight is 252 g/mol. The van der Waals surface area contributed by atoms with Crippen molar-refractivity contribution in [3.63, 3.8) is 0 Å². The van der Waals surface area contributed by atoms with Gasteiger partial charge in [-0.3, -0.25) is 5.32 Å². The molecule has 5 nitrogen and oxygen atoms in total. The van der Waals surface area contributed by atoms with Crippen LogP contribution in [0.2, 0.25) is 0 Å². The first-order chi connectivity index (χ1) is 8.27. The Morgan fingerprint density at radius 2 is 1.89 bits per heavy atom. The van der Waals surface area contributed by atoms with E-state index in [1.165, 1.54) is 0 Å². The summed E-state index contributed by atoms with van der Waals surface area (Å²) < 4.78 is 5.12. The number of carbonyl (C=O) groups excluding carboxylic acids is 1. The van der Waals surface area contributed by atoms with Crippen LogP contribution in [-0.4, -0.2) is 23.4 Å². The molecule has 0 saturated carbocycles. The number of hydrogen-bond acceptors (Lipinski definition) is 4. The minimum atomic E-state index is -1.34. The molecular formula is C13H20N2O3. The van der Waals surface area contributed by atoms with Crippen molar-refractivity contribution in [2.24, 2.45) is 5.73 Å². The number of ether oxygens (including phenoxy) is 1. The molecule has 1 rings (SSSR count). The van der Waals surface area contributed by atoms with E-state index in [4.69, 9.17) is 10.5 Å². The molecule has 1 amide bonds. The van der Waals surface area contributed by atoms with E-state index >= 15 is 0 Å². The second-order valence-electron chi connectivity index (χ2n) is 5.12. The lowest BCUT2D eigenvalue weighted by atomic mass is 10.0. The van der Waals surface area contributed by atoms with E-state index in [0.29, 0.717) is 5.56 Å². The van der Waals surface area contributed by atoms with Crippen molar-refractivity contribution in [3.05, 3.63) is 35.9 Å². The van der Waals surface area contributed by atoms with Crippen molar-refractivity contribution in [1.82, 2.24) is 5.32 Å². The average Bonchev–Trinajstić information content (AvgIpc) is 2.27. The number of aliphatic hydroxyl groups is 1. The SMILES string of the molecule is CC(C)(C)OC(=O)N[C@@](N)(CO)c1ccccc1. The third kappa shape index (κ3) is 4.01. The fourth-order valence-electron chi connectivity index (χ4n) is 1.42. The number of amides is 1. The number of benzene rings is 1. The van der Waals surface area contributed by atoms with Crippen LogP contribution in [0.4, 0.5) is 4.79 Å². The molecule has 0 aliphatic rings. The van der Waals surface area contributed by atoms with Crippen molar-refractivity contribution in [3.8, 4) is 0 Å². The number of nitrogens with two attached hydrogens (primary N) is 1. The molecule has 100 valence electrons. The van der Waals surface area contributed by atoms with Gasteiger partial charge in [0.1, 0.15) is 11.3 Å². The lowest BCUT2D eigenvalue weighted by Crippen LogP contribution is -2.56. The molecule has 1 atom stereocenters. The maximum absolute atomic E-state index is 11.7.